The molecule has 0 unspecified atom stereocenters. The van der Waals surface area contributed by atoms with Crippen molar-refractivity contribution in [3.8, 4) is 0 Å². The first-order valence-corrected chi connectivity index (χ1v) is 8.23. The van der Waals surface area contributed by atoms with E-state index in [1.54, 1.807) is 19.1 Å². The molecule has 0 aromatic heterocycles. The fourth-order valence-corrected chi connectivity index (χ4v) is 2.70. The van der Waals surface area contributed by atoms with E-state index >= 15 is 0 Å². The number of carbonyl (C=O) groups is 1. The SMILES string of the molecule is CCC(CC)C(=O)Nc1ccc(S(=O)(=O)CC)cc1. The number of sulfone groups is 1. The molecule has 0 aliphatic heterocycles. The minimum absolute atomic E-state index is 0.000879. The lowest BCUT2D eigenvalue weighted by molar-refractivity contribution is -0.120. The summed E-state index contributed by atoms with van der Waals surface area (Å²) < 4.78 is 23.3. The Hall–Kier alpha value is -1.36. The Kier molecular flexibility index (Phi) is 5.54. The highest BCUT2D eigenvalue weighted by Gasteiger charge is 2.15. The van der Waals surface area contributed by atoms with Crippen molar-refractivity contribution in [1.29, 1.82) is 0 Å². The molecular formula is C14H21NO3S. The van der Waals surface area contributed by atoms with Crippen molar-refractivity contribution >= 4 is 21.4 Å². The minimum atomic E-state index is -3.18. The Morgan fingerprint density at radius 1 is 1.11 bits per heavy atom. The van der Waals surface area contributed by atoms with E-state index in [1.807, 2.05) is 13.8 Å². The Balaban J connectivity index is 2.81. The average molecular weight is 283 g/mol. The van der Waals surface area contributed by atoms with Crippen LogP contribution in [0.5, 0.6) is 0 Å². The van der Waals surface area contributed by atoms with E-state index < -0.39 is 9.84 Å². The minimum Gasteiger partial charge on any atom is -0.326 e. The van der Waals surface area contributed by atoms with Gasteiger partial charge in [0.1, 0.15) is 0 Å². The van der Waals surface area contributed by atoms with Crippen LogP contribution in [0.2, 0.25) is 0 Å². The second kappa shape index (κ2) is 6.70. The predicted octanol–water partition coefficient (Wildman–Crippen LogP) is 2.85. The van der Waals surface area contributed by atoms with Gasteiger partial charge < -0.3 is 5.32 Å². The van der Waals surface area contributed by atoms with Gasteiger partial charge in [0.05, 0.1) is 10.6 Å². The number of amides is 1. The summed E-state index contributed by atoms with van der Waals surface area (Å²) in [4.78, 5) is 12.2. The molecule has 0 saturated carbocycles. The molecule has 1 aromatic rings. The molecule has 0 bridgehead atoms. The molecule has 0 heterocycles. The largest absolute Gasteiger partial charge is 0.326 e. The Bertz CT molecular complexity index is 516. The molecule has 5 heteroatoms. The molecule has 1 rings (SSSR count). The van der Waals surface area contributed by atoms with E-state index in [2.05, 4.69) is 5.32 Å². The first kappa shape index (κ1) is 15.7. The van der Waals surface area contributed by atoms with Gasteiger partial charge in [0, 0.05) is 11.6 Å². The lowest BCUT2D eigenvalue weighted by Crippen LogP contribution is -2.21. The standard InChI is InChI=1S/C14H21NO3S/c1-4-11(5-2)14(16)15-12-7-9-13(10-8-12)19(17,18)6-3/h7-11H,4-6H2,1-3H3,(H,15,16). The van der Waals surface area contributed by atoms with Crippen molar-refractivity contribution in [2.75, 3.05) is 11.1 Å². The summed E-state index contributed by atoms with van der Waals surface area (Å²) in [6, 6.07) is 6.31. The number of anilines is 1. The zero-order chi connectivity index (χ0) is 14.5. The van der Waals surface area contributed by atoms with Crippen LogP contribution >= 0.6 is 0 Å². The fourth-order valence-electron chi connectivity index (χ4n) is 1.82. The van der Waals surface area contributed by atoms with Crippen LogP contribution in [0.3, 0.4) is 0 Å². The second-order valence-electron chi connectivity index (χ2n) is 4.43. The van der Waals surface area contributed by atoms with Gasteiger partial charge in [-0.05, 0) is 37.1 Å². The van der Waals surface area contributed by atoms with Crippen molar-refractivity contribution < 1.29 is 13.2 Å². The molecule has 106 valence electrons. The summed E-state index contributed by atoms with van der Waals surface area (Å²) in [5.74, 6) is 0.0575. The number of rotatable bonds is 6. The van der Waals surface area contributed by atoms with Gasteiger partial charge in [0.2, 0.25) is 5.91 Å². The van der Waals surface area contributed by atoms with Gasteiger partial charge in [-0.2, -0.15) is 0 Å². The smallest absolute Gasteiger partial charge is 0.227 e. The maximum absolute atomic E-state index is 11.9. The molecule has 1 amide bonds. The van der Waals surface area contributed by atoms with Crippen molar-refractivity contribution in [3.05, 3.63) is 24.3 Å². The third-order valence-corrected chi connectivity index (χ3v) is 4.97. The third-order valence-electron chi connectivity index (χ3n) is 3.22. The van der Waals surface area contributed by atoms with E-state index in [9.17, 15) is 13.2 Å². The predicted molar refractivity (Wildman–Crippen MR) is 76.9 cm³/mol. The number of carbonyl (C=O) groups excluding carboxylic acids is 1. The number of hydrogen-bond donors (Lipinski definition) is 1. The van der Waals surface area contributed by atoms with E-state index in [0.717, 1.165) is 12.8 Å². The van der Waals surface area contributed by atoms with Gasteiger partial charge in [-0.25, -0.2) is 8.42 Å². The maximum atomic E-state index is 11.9. The fraction of sp³-hybridized carbons (Fsp3) is 0.500. The summed E-state index contributed by atoms with van der Waals surface area (Å²) in [7, 11) is -3.18. The summed E-state index contributed by atoms with van der Waals surface area (Å²) in [6.07, 6.45) is 1.59. The Labute approximate surface area is 115 Å². The van der Waals surface area contributed by atoms with Crippen LogP contribution in [0.15, 0.2) is 29.2 Å². The first-order chi connectivity index (χ1) is 8.94. The number of benzene rings is 1. The van der Waals surface area contributed by atoms with Gasteiger partial charge >= 0.3 is 0 Å². The monoisotopic (exact) mass is 283 g/mol. The molecule has 4 nitrogen and oxygen atoms in total. The lowest BCUT2D eigenvalue weighted by atomic mass is 10.0. The molecule has 0 fully saturated rings. The van der Waals surface area contributed by atoms with Crippen molar-refractivity contribution in [3.63, 3.8) is 0 Å². The first-order valence-electron chi connectivity index (χ1n) is 6.58. The molecule has 0 spiro atoms. The highest BCUT2D eigenvalue weighted by molar-refractivity contribution is 7.91. The zero-order valence-electron chi connectivity index (χ0n) is 11.6. The van der Waals surface area contributed by atoms with Crippen LogP contribution in [0.1, 0.15) is 33.6 Å². The molecular weight excluding hydrogens is 262 g/mol. The average Bonchev–Trinajstić information content (AvgIpc) is 2.40. The molecule has 0 saturated heterocycles. The molecule has 1 N–H and O–H groups in total. The van der Waals surface area contributed by atoms with Gasteiger partial charge in [0.25, 0.3) is 0 Å². The van der Waals surface area contributed by atoms with E-state index in [1.165, 1.54) is 12.1 Å². The molecule has 0 aliphatic carbocycles. The van der Waals surface area contributed by atoms with Gasteiger partial charge in [-0.3, -0.25) is 4.79 Å². The van der Waals surface area contributed by atoms with Crippen LogP contribution in [0.25, 0.3) is 0 Å². The van der Waals surface area contributed by atoms with Crippen LogP contribution in [-0.2, 0) is 14.6 Å². The molecule has 0 aliphatic rings. The summed E-state index contributed by atoms with van der Waals surface area (Å²) in [6.45, 7) is 5.56. The third kappa shape index (κ3) is 4.06. The van der Waals surface area contributed by atoms with Crippen molar-refractivity contribution in [1.82, 2.24) is 0 Å². The van der Waals surface area contributed by atoms with E-state index in [0.29, 0.717) is 5.69 Å². The second-order valence-corrected chi connectivity index (χ2v) is 6.71. The number of nitrogens with one attached hydrogen (secondary N) is 1. The van der Waals surface area contributed by atoms with Crippen LogP contribution in [-0.4, -0.2) is 20.1 Å². The molecule has 19 heavy (non-hydrogen) atoms. The topological polar surface area (TPSA) is 63.2 Å². The molecule has 0 atom stereocenters. The summed E-state index contributed by atoms with van der Waals surface area (Å²) >= 11 is 0. The van der Waals surface area contributed by atoms with E-state index in [4.69, 9.17) is 0 Å². The van der Waals surface area contributed by atoms with Gasteiger partial charge in [-0.1, -0.05) is 20.8 Å². The Morgan fingerprint density at radius 3 is 2.05 bits per heavy atom. The van der Waals surface area contributed by atoms with Crippen molar-refractivity contribution in [2.24, 2.45) is 5.92 Å². The molecule has 1 aromatic carbocycles. The van der Waals surface area contributed by atoms with Gasteiger partial charge in [-0.15, -0.1) is 0 Å². The van der Waals surface area contributed by atoms with Crippen LogP contribution in [0.4, 0.5) is 5.69 Å². The van der Waals surface area contributed by atoms with Crippen LogP contribution < -0.4 is 5.32 Å². The quantitative estimate of drug-likeness (QED) is 0.873. The normalized spacial score (nSPS) is 11.6. The highest BCUT2D eigenvalue weighted by Crippen LogP contribution is 2.17. The Morgan fingerprint density at radius 2 is 1.63 bits per heavy atom. The van der Waals surface area contributed by atoms with E-state index in [-0.39, 0.29) is 22.5 Å². The zero-order valence-corrected chi connectivity index (χ0v) is 12.5. The number of hydrogen-bond acceptors (Lipinski definition) is 3. The summed E-state index contributed by atoms with van der Waals surface area (Å²) in [5.41, 5.74) is 0.631. The molecule has 0 radical (unpaired) electrons. The van der Waals surface area contributed by atoms with Crippen molar-refractivity contribution in [2.45, 2.75) is 38.5 Å². The highest BCUT2D eigenvalue weighted by atomic mass is 32.2. The van der Waals surface area contributed by atoms with Crippen LogP contribution in [0, 0.1) is 5.92 Å². The van der Waals surface area contributed by atoms with Gasteiger partial charge in [0.15, 0.2) is 9.84 Å². The maximum Gasteiger partial charge on any atom is 0.227 e. The lowest BCUT2D eigenvalue weighted by Gasteiger charge is -2.13. The summed E-state index contributed by atoms with van der Waals surface area (Å²) in [5, 5.41) is 2.81.